The fraction of sp³-hybridized carbons (Fsp3) is 0.455. The lowest BCUT2D eigenvalue weighted by molar-refractivity contribution is -0.1000. The van der Waals surface area contributed by atoms with Crippen LogP contribution in [0.4, 0.5) is 18.9 Å². The Balaban J connectivity index is 3.08. The van der Waals surface area contributed by atoms with Crippen LogP contribution in [0.3, 0.4) is 0 Å². The third-order valence-corrected chi connectivity index (χ3v) is 2.01. The molecule has 15 heavy (non-hydrogen) atoms. The largest absolute Gasteiger partial charge is 0.482 e. The minimum Gasteiger partial charge on any atom is -0.297 e. The van der Waals surface area contributed by atoms with Crippen LogP contribution < -0.4 is 5.32 Å². The first-order valence-corrected chi connectivity index (χ1v) is 4.64. The van der Waals surface area contributed by atoms with E-state index in [1.807, 2.05) is 20.8 Å². The predicted molar refractivity (Wildman–Crippen MR) is 54.8 cm³/mol. The molecule has 0 unspecified atom stereocenters. The van der Waals surface area contributed by atoms with Crippen LogP contribution in [0.2, 0.25) is 0 Å². The molecule has 1 aromatic rings. The predicted octanol–water partition coefficient (Wildman–Crippen LogP) is 3.92. The van der Waals surface area contributed by atoms with Gasteiger partial charge in [-0.3, -0.25) is 5.32 Å². The topological polar surface area (TPSA) is 12.0 Å². The van der Waals surface area contributed by atoms with Gasteiger partial charge in [0.05, 0.1) is 0 Å². The van der Waals surface area contributed by atoms with Crippen molar-refractivity contribution in [3.05, 3.63) is 29.8 Å². The molecule has 0 saturated carbocycles. The van der Waals surface area contributed by atoms with E-state index in [1.165, 1.54) is 6.07 Å². The number of hydrogen-bond donors (Lipinski definition) is 1. The van der Waals surface area contributed by atoms with E-state index in [1.54, 1.807) is 23.5 Å². The van der Waals surface area contributed by atoms with Crippen molar-refractivity contribution in [2.45, 2.75) is 32.5 Å². The highest BCUT2D eigenvalue weighted by molar-refractivity contribution is 5.54. The fourth-order valence-electron chi connectivity index (χ4n) is 1.40. The molecule has 84 valence electrons. The Labute approximate surface area is 87.3 Å². The highest BCUT2D eigenvalue weighted by Gasteiger charge is 2.29. The molecule has 0 spiro atoms. The van der Waals surface area contributed by atoms with Crippen molar-refractivity contribution < 1.29 is 13.2 Å². The van der Waals surface area contributed by atoms with Crippen molar-refractivity contribution >= 4 is 5.69 Å². The summed E-state index contributed by atoms with van der Waals surface area (Å²) < 4.78 is 36.6. The summed E-state index contributed by atoms with van der Waals surface area (Å²) >= 11 is 0. The summed E-state index contributed by atoms with van der Waals surface area (Å²) in [5.74, 6) is 0. The molecule has 0 aliphatic rings. The van der Waals surface area contributed by atoms with E-state index < -0.39 is 6.30 Å². The van der Waals surface area contributed by atoms with Gasteiger partial charge in [-0.25, -0.2) is 0 Å². The van der Waals surface area contributed by atoms with Gasteiger partial charge in [-0.15, -0.1) is 0 Å². The van der Waals surface area contributed by atoms with E-state index in [0.717, 1.165) is 0 Å². The van der Waals surface area contributed by atoms with Gasteiger partial charge in [-0.05, 0) is 17.0 Å². The van der Waals surface area contributed by atoms with Gasteiger partial charge >= 0.3 is 6.30 Å². The van der Waals surface area contributed by atoms with E-state index in [0.29, 0.717) is 5.56 Å². The molecule has 4 heteroatoms. The van der Waals surface area contributed by atoms with Crippen molar-refractivity contribution in [1.82, 2.24) is 0 Å². The number of alkyl halides is 3. The molecule has 0 saturated heterocycles. The summed E-state index contributed by atoms with van der Waals surface area (Å²) in [5.41, 5.74) is 0.467. The van der Waals surface area contributed by atoms with Gasteiger partial charge in [0.2, 0.25) is 0 Å². The maximum atomic E-state index is 12.2. The molecule has 1 aromatic carbocycles. The zero-order valence-electron chi connectivity index (χ0n) is 8.94. The first-order chi connectivity index (χ1) is 6.70. The van der Waals surface area contributed by atoms with Crippen molar-refractivity contribution in [3.8, 4) is 0 Å². The Kier molecular flexibility index (Phi) is 2.98. The smallest absolute Gasteiger partial charge is 0.297 e. The molecular formula is C11H14F3N. The first kappa shape index (κ1) is 11.9. The second-order valence-electron chi connectivity index (χ2n) is 4.42. The summed E-state index contributed by atoms with van der Waals surface area (Å²) in [6.45, 7) is 5.64. The van der Waals surface area contributed by atoms with Crippen LogP contribution in [0.5, 0.6) is 0 Å². The van der Waals surface area contributed by atoms with Crippen LogP contribution in [-0.2, 0) is 5.41 Å². The van der Waals surface area contributed by atoms with Crippen molar-refractivity contribution in [2.24, 2.45) is 0 Å². The monoisotopic (exact) mass is 217 g/mol. The molecule has 0 fully saturated rings. The quantitative estimate of drug-likeness (QED) is 0.703. The van der Waals surface area contributed by atoms with Crippen LogP contribution in [-0.4, -0.2) is 6.30 Å². The van der Waals surface area contributed by atoms with Crippen molar-refractivity contribution in [2.75, 3.05) is 5.32 Å². The molecule has 0 radical (unpaired) electrons. The average Bonchev–Trinajstić information content (AvgIpc) is 1.99. The first-order valence-electron chi connectivity index (χ1n) is 4.64. The zero-order valence-corrected chi connectivity index (χ0v) is 8.94. The Morgan fingerprint density at radius 3 is 2.00 bits per heavy atom. The molecular weight excluding hydrogens is 203 g/mol. The number of halogens is 3. The van der Waals surface area contributed by atoms with E-state index in [9.17, 15) is 13.2 Å². The SMILES string of the molecule is CC(C)(C)c1ccccc1NC(F)(F)F. The van der Waals surface area contributed by atoms with Gasteiger partial charge in [-0.2, -0.15) is 13.2 Å². The maximum Gasteiger partial charge on any atom is 0.482 e. The van der Waals surface area contributed by atoms with Crippen LogP contribution in [0.25, 0.3) is 0 Å². The summed E-state index contributed by atoms with van der Waals surface area (Å²) in [4.78, 5) is 0. The number of hydrogen-bond acceptors (Lipinski definition) is 1. The molecule has 0 aliphatic heterocycles. The molecule has 0 amide bonds. The fourth-order valence-corrected chi connectivity index (χ4v) is 1.40. The highest BCUT2D eigenvalue weighted by Crippen LogP contribution is 2.31. The number of nitrogens with one attached hydrogen (secondary N) is 1. The molecule has 0 heterocycles. The van der Waals surface area contributed by atoms with E-state index in [-0.39, 0.29) is 11.1 Å². The van der Waals surface area contributed by atoms with Crippen LogP contribution in [0.1, 0.15) is 26.3 Å². The second kappa shape index (κ2) is 3.76. The Hall–Kier alpha value is -1.19. The minimum absolute atomic E-state index is 0.123. The normalized spacial score (nSPS) is 12.7. The summed E-state index contributed by atoms with van der Waals surface area (Å²) in [7, 11) is 0. The van der Waals surface area contributed by atoms with Crippen LogP contribution in [0, 0.1) is 0 Å². The number of rotatable bonds is 1. The zero-order chi connectivity index (χ0) is 11.7. The molecule has 1 nitrogen and oxygen atoms in total. The van der Waals surface area contributed by atoms with Gasteiger partial charge in [0.25, 0.3) is 0 Å². The summed E-state index contributed by atoms with van der Waals surface area (Å²) in [6.07, 6.45) is -4.39. The van der Waals surface area contributed by atoms with Crippen LogP contribution >= 0.6 is 0 Å². The molecule has 0 aromatic heterocycles. The van der Waals surface area contributed by atoms with E-state index in [2.05, 4.69) is 0 Å². The third kappa shape index (κ3) is 3.46. The average molecular weight is 217 g/mol. The van der Waals surface area contributed by atoms with Gasteiger partial charge in [0.15, 0.2) is 0 Å². The minimum atomic E-state index is -4.39. The van der Waals surface area contributed by atoms with E-state index in [4.69, 9.17) is 0 Å². The second-order valence-corrected chi connectivity index (χ2v) is 4.42. The molecule has 1 rings (SSSR count). The number of benzene rings is 1. The van der Waals surface area contributed by atoms with Crippen LogP contribution in [0.15, 0.2) is 24.3 Å². The van der Waals surface area contributed by atoms with Gasteiger partial charge in [0.1, 0.15) is 0 Å². The van der Waals surface area contributed by atoms with Gasteiger partial charge in [-0.1, -0.05) is 39.0 Å². The molecule has 0 bridgehead atoms. The van der Waals surface area contributed by atoms with Crippen molar-refractivity contribution in [1.29, 1.82) is 0 Å². The Morgan fingerprint density at radius 1 is 1.00 bits per heavy atom. The number of anilines is 1. The van der Waals surface area contributed by atoms with Crippen molar-refractivity contribution in [3.63, 3.8) is 0 Å². The lowest BCUT2D eigenvalue weighted by Crippen LogP contribution is -2.24. The molecule has 1 N–H and O–H groups in total. The summed E-state index contributed by atoms with van der Waals surface area (Å²) in [5, 5.41) is 1.56. The molecule has 0 atom stereocenters. The maximum absolute atomic E-state index is 12.2. The Morgan fingerprint density at radius 2 is 1.53 bits per heavy atom. The lowest BCUT2D eigenvalue weighted by Gasteiger charge is -2.24. The standard InChI is InChI=1S/C11H14F3N/c1-10(2,3)8-6-4-5-7-9(8)15-11(12,13)14/h4-7,15H,1-3H3. The van der Waals surface area contributed by atoms with Gasteiger partial charge in [0, 0.05) is 5.69 Å². The van der Waals surface area contributed by atoms with E-state index >= 15 is 0 Å². The molecule has 0 aliphatic carbocycles. The number of para-hydroxylation sites is 1. The van der Waals surface area contributed by atoms with Gasteiger partial charge < -0.3 is 0 Å². The third-order valence-electron chi connectivity index (χ3n) is 2.01. The highest BCUT2D eigenvalue weighted by atomic mass is 19.4. The summed E-state index contributed by atoms with van der Waals surface area (Å²) in [6, 6.07) is 6.47. The Bertz CT molecular complexity index is 336. The lowest BCUT2D eigenvalue weighted by atomic mass is 9.86.